The van der Waals surface area contributed by atoms with Crippen LogP contribution < -0.4 is 0 Å². The molecular weight excluding hydrogens is 164 g/mol. The predicted molar refractivity (Wildman–Crippen MR) is 58.1 cm³/mol. The second-order valence-corrected chi connectivity index (χ2v) is 4.86. The number of methoxy groups -OCH3 is 1. The second-order valence-electron chi connectivity index (χ2n) is 4.86. The molecule has 2 heteroatoms. The third-order valence-corrected chi connectivity index (χ3v) is 1.19. The molecule has 0 saturated carbocycles. The summed E-state index contributed by atoms with van der Waals surface area (Å²) in [5, 5.41) is 0. The lowest BCUT2D eigenvalue weighted by Crippen LogP contribution is -2.18. The molecule has 0 aliphatic heterocycles. The van der Waals surface area contributed by atoms with Gasteiger partial charge in [0.1, 0.15) is 0 Å². The van der Waals surface area contributed by atoms with Gasteiger partial charge < -0.3 is 9.47 Å². The third kappa shape index (κ3) is 24.5. The summed E-state index contributed by atoms with van der Waals surface area (Å²) in [5.74, 6) is 0. The first-order valence-corrected chi connectivity index (χ1v) is 4.81. The Hall–Kier alpha value is -0.0800. The zero-order valence-corrected chi connectivity index (χ0v) is 10.5. The standard InChI is InChI=1S/C6H14O.C5H12O/c1-5-7-6(2,3)4;1-5(2,3)6-4/h5H2,1-4H3;1-4H3. The van der Waals surface area contributed by atoms with E-state index in [1.165, 1.54) is 0 Å². The van der Waals surface area contributed by atoms with Crippen LogP contribution in [-0.2, 0) is 9.47 Å². The van der Waals surface area contributed by atoms with Gasteiger partial charge in [0.2, 0.25) is 0 Å². The van der Waals surface area contributed by atoms with E-state index in [9.17, 15) is 0 Å². The molecule has 0 aromatic heterocycles. The van der Waals surface area contributed by atoms with Gasteiger partial charge in [-0.15, -0.1) is 0 Å². The molecule has 0 atom stereocenters. The van der Waals surface area contributed by atoms with Crippen molar-refractivity contribution in [2.45, 2.75) is 59.7 Å². The number of hydrogen-bond donors (Lipinski definition) is 0. The minimum Gasteiger partial charge on any atom is -0.379 e. The van der Waals surface area contributed by atoms with Gasteiger partial charge in [0, 0.05) is 13.7 Å². The molecule has 0 fully saturated rings. The lowest BCUT2D eigenvalue weighted by Gasteiger charge is -2.17. The summed E-state index contributed by atoms with van der Waals surface area (Å²) in [6, 6.07) is 0. The Labute approximate surface area is 83.6 Å². The highest BCUT2D eigenvalue weighted by Crippen LogP contribution is 2.04. The molecule has 0 N–H and O–H groups in total. The summed E-state index contributed by atoms with van der Waals surface area (Å²) in [4.78, 5) is 0. The minimum absolute atomic E-state index is 0.0417. The van der Waals surface area contributed by atoms with Crippen molar-refractivity contribution in [1.82, 2.24) is 0 Å². The highest BCUT2D eigenvalue weighted by molar-refractivity contribution is 4.56. The summed E-state index contributed by atoms with van der Waals surface area (Å²) in [5.41, 5.74) is 0.0920. The molecule has 0 rings (SSSR count). The number of ether oxygens (including phenoxy) is 2. The van der Waals surface area contributed by atoms with Gasteiger partial charge in [0.25, 0.3) is 0 Å². The van der Waals surface area contributed by atoms with Crippen molar-refractivity contribution in [3.63, 3.8) is 0 Å². The van der Waals surface area contributed by atoms with Crippen LogP contribution in [0, 0.1) is 0 Å². The van der Waals surface area contributed by atoms with E-state index in [4.69, 9.17) is 9.47 Å². The van der Waals surface area contributed by atoms with E-state index in [0.29, 0.717) is 0 Å². The molecule has 0 amide bonds. The third-order valence-electron chi connectivity index (χ3n) is 1.19. The maximum Gasteiger partial charge on any atom is 0.0598 e. The average Bonchev–Trinajstić information content (AvgIpc) is 1.84. The molecule has 0 aliphatic rings. The van der Waals surface area contributed by atoms with Crippen LogP contribution in [0.25, 0.3) is 0 Å². The van der Waals surface area contributed by atoms with Gasteiger partial charge in [0.05, 0.1) is 11.2 Å². The first kappa shape index (κ1) is 15.4. The highest BCUT2D eigenvalue weighted by Gasteiger charge is 2.06. The SMILES string of the molecule is CCOC(C)(C)C.COC(C)(C)C. The van der Waals surface area contributed by atoms with Gasteiger partial charge in [-0.25, -0.2) is 0 Å². The monoisotopic (exact) mass is 190 g/mol. The van der Waals surface area contributed by atoms with Crippen LogP contribution in [0.3, 0.4) is 0 Å². The first-order valence-electron chi connectivity index (χ1n) is 4.81. The Morgan fingerprint density at radius 3 is 1.15 bits per heavy atom. The van der Waals surface area contributed by atoms with Crippen molar-refractivity contribution in [2.24, 2.45) is 0 Å². The van der Waals surface area contributed by atoms with E-state index >= 15 is 0 Å². The molecule has 0 bridgehead atoms. The molecule has 0 radical (unpaired) electrons. The van der Waals surface area contributed by atoms with Gasteiger partial charge in [-0.2, -0.15) is 0 Å². The molecule has 0 unspecified atom stereocenters. The van der Waals surface area contributed by atoms with Crippen LogP contribution in [0.5, 0.6) is 0 Å². The van der Waals surface area contributed by atoms with Crippen molar-refractivity contribution in [1.29, 1.82) is 0 Å². The normalized spacial score (nSPS) is 12.0. The molecular formula is C11H26O2. The fourth-order valence-corrected chi connectivity index (χ4v) is 0.433. The molecule has 2 nitrogen and oxygen atoms in total. The zero-order chi connectivity index (χ0) is 11.1. The molecule has 0 aliphatic carbocycles. The van der Waals surface area contributed by atoms with Crippen LogP contribution in [0.4, 0.5) is 0 Å². The van der Waals surface area contributed by atoms with E-state index in [0.717, 1.165) is 6.61 Å². The summed E-state index contributed by atoms with van der Waals surface area (Å²) in [7, 11) is 1.71. The van der Waals surface area contributed by atoms with Gasteiger partial charge in [0.15, 0.2) is 0 Å². The first-order chi connectivity index (χ1) is 5.62. The highest BCUT2D eigenvalue weighted by atomic mass is 16.5. The van der Waals surface area contributed by atoms with Gasteiger partial charge in [-0.05, 0) is 48.5 Å². The van der Waals surface area contributed by atoms with Crippen molar-refractivity contribution in [3.05, 3.63) is 0 Å². The molecule has 82 valence electrons. The fourth-order valence-electron chi connectivity index (χ4n) is 0.433. The Morgan fingerprint density at radius 1 is 0.846 bits per heavy atom. The Morgan fingerprint density at radius 2 is 1.15 bits per heavy atom. The van der Waals surface area contributed by atoms with Crippen LogP contribution in [0.15, 0.2) is 0 Å². The van der Waals surface area contributed by atoms with Gasteiger partial charge in [-0.3, -0.25) is 0 Å². The Bertz CT molecular complexity index is 106. The van der Waals surface area contributed by atoms with E-state index < -0.39 is 0 Å². The number of hydrogen-bond acceptors (Lipinski definition) is 2. The van der Waals surface area contributed by atoms with Crippen LogP contribution in [-0.4, -0.2) is 24.9 Å². The summed E-state index contributed by atoms with van der Waals surface area (Å²) < 4.78 is 10.2. The molecule has 0 aromatic rings. The van der Waals surface area contributed by atoms with E-state index in [1.807, 2.05) is 27.7 Å². The van der Waals surface area contributed by atoms with Crippen LogP contribution in [0.2, 0.25) is 0 Å². The van der Waals surface area contributed by atoms with Crippen molar-refractivity contribution in [2.75, 3.05) is 13.7 Å². The van der Waals surface area contributed by atoms with E-state index in [1.54, 1.807) is 7.11 Å². The van der Waals surface area contributed by atoms with Gasteiger partial charge >= 0.3 is 0 Å². The zero-order valence-electron chi connectivity index (χ0n) is 10.5. The van der Waals surface area contributed by atoms with Gasteiger partial charge in [-0.1, -0.05) is 0 Å². The summed E-state index contributed by atoms with van der Waals surface area (Å²) >= 11 is 0. The van der Waals surface area contributed by atoms with Crippen LogP contribution in [0.1, 0.15) is 48.5 Å². The van der Waals surface area contributed by atoms with Crippen molar-refractivity contribution >= 4 is 0 Å². The molecule has 0 aromatic carbocycles. The Kier molecular flexibility index (Phi) is 7.56. The summed E-state index contributed by atoms with van der Waals surface area (Å²) in [6.45, 7) is 15.0. The van der Waals surface area contributed by atoms with E-state index in [2.05, 4.69) is 20.8 Å². The van der Waals surface area contributed by atoms with Crippen molar-refractivity contribution in [3.8, 4) is 0 Å². The predicted octanol–water partition coefficient (Wildman–Crippen LogP) is 3.25. The minimum atomic E-state index is 0.0417. The lowest BCUT2D eigenvalue weighted by atomic mass is 10.2. The maximum absolute atomic E-state index is 5.23. The fraction of sp³-hybridized carbons (Fsp3) is 1.00. The number of rotatable bonds is 1. The maximum atomic E-state index is 5.23. The van der Waals surface area contributed by atoms with Crippen LogP contribution >= 0.6 is 0 Å². The summed E-state index contributed by atoms with van der Waals surface area (Å²) in [6.07, 6.45) is 0. The van der Waals surface area contributed by atoms with E-state index in [-0.39, 0.29) is 11.2 Å². The largest absolute Gasteiger partial charge is 0.379 e. The average molecular weight is 190 g/mol. The molecule has 0 saturated heterocycles. The Balaban J connectivity index is 0. The second kappa shape index (κ2) is 6.39. The quantitative estimate of drug-likeness (QED) is 0.632. The molecule has 0 spiro atoms. The molecule has 0 heterocycles. The van der Waals surface area contributed by atoms with Crippen molar-refractivity contribution < 1.29 is 9.47 Å². The lowest BCUT2D eigenvalue weighted by molar-refractivity contribution is 0.00531. The topological polar surface area (TPSA) is 18.5 Å². The smallest absolute Gasteiger partial charge is 0.0598 e. The molecule has 13 heavy (non-hydrogen) atoms.